The first-order valence-corrected chi connectivity index (χ1v) is 15.3. The molecule has 1 aliphatic heterocycles. The molecule has 0 fully saturated rings. The molecule has 45 heavy (non-hydrogen) atoms. The Labute approximate surface area is 260 Å². The van der Waals surface area contributed by atoms with Crippen LogP contribution in [0.1, 0.15) is 41.3 Å². The monoisotopic (exact) mass is 603 g/mol. The maximum Gasteiger partial charge on any atom is 0.310 e. The third-order valence-electron chi connectivity index (χ3n) is 8.83. The summed E-state index contributed by atoms with van der Waals surface area (Å²) < 4.78 is 30.3. The van der Waals surface area contributed by atoms with Gasteiger partial charge in [-0.3, -0.25) is 9.48 Å². The number of halogens is 1. The number of rotatable bonds is 6. The summed E-state index contributed by atoms with van der Waals surface area (Å²) in [5, 5.41) is 10.6. The number of aromatic nitrogens is 5. The van der Waals surface area contributed by atoms with Crippen molar-refractivity contribution in [2.45, 2.75) is 47.0 Å². The van der Waals surface area contributed by atoms with Gasteiger partial charge in [0.05, 0.1) is 42.7 Å². The second-order valence-electron chi connectivity index (χ2n) is 11.6. The molecule has 0 radical (unpaired) electrons. The lowest BCUT2D eigenvalue weighted by atomic mass is 9.91. The van der Waals surface area contributed by atoms with Gasteiger partial charge in [-0.1, -0.05) is 24.3 Å². The van der Waals surface area contributed by atoms with Crippen LogP contribution in [0.15, 0.2) is 54.7 Å². The zero-order chi connectivity index (χ0) is 31.4. The molecule has 6 aromatic rings. The van der Waals surface area contributed by atoms with Gasteiger partial charge in [-0.15, -0.1) is 0 Å². The Morgan fingerprint density at radius 3 is 2.67 bits per heavy atom. The lowest BCUT2D eigenvalue weighted by Gasteiger charge is -2.23. The normalized spacial score (nSPS) is 12.8. The predicted octanol–water partition coefficient (Wildman–Crippen LogP) is 7.11. The summed E-state index contributed by atoms with van der Waals surface area (Å²) in [5.74, 6) is -0.475. The third kappa shape index (κ3) is 4.83. The van der Waals surface area contributed by atoms with Crippen molar-refractivity contribution in [2.24, 2.45) is 7.05 Å². The maximum absolute atomic E-state index is 15.6. The summed E-state index contributed by atoms with van der Waals surface area (Å²) in [7, 11) is 1.94. The van der Waals surface area contributed by atoms with E-state index in [4.69, 9.17) is 19.6 Å². The molecule has 0 amide bonds. The van der Waals surface area contributed by atoms with E-state index in [-0.39, 0.29) is 19.0 Å². The topological polar surface area (TPSA) is 83.5 Å². The minimum absolute atomic E-state index is 0.00681. The molecule has 1 aliphatic rings. The third-order valence-corrected chi connectivity index (χ3v) is 8.83. The van der Waals surface area contributed by atoms with E-state index in [1.165, 1.54) is 6.07 Å². The van der Waals surface area contributed by atoms with Crippen LogP contribution < -0.4 is 4.74 Å². The molecule has 7 rings (SSSR count). The van der Waals surface area contributed by atoms with E-state index in [0.29, 0.717) is 46.9 Å². The van der Waals surface area contributed by atoms with Crippen LogP contribution in [-0.4, -0.2) is 43.6 Å². The van der Waals surface area contributed by atoms with E-state index in [2.05, 4.69) is 35.4 Å². The van der Waals surface area contributed by atoms with Crippen molar-refractivity contribution in [3.63, 3.8) is 0 Å². The van der Waals surface area contributed by atoms with Crippen LogP contribution in [0.3, 0.4) is 0 Å². The summed E-state index contributed by atoms with van der Waals surface area (Å²) in [4.78, 5) is 17.8. The minimum Gasteiger partial charge on any atom is -0.490 e. The van der Waals surface area contributed by atoms with Crippen LogP contribution in [0.5, 0.6) is 5.75 Å². The zero-order valence-electron chi connectivity index (χ0n) is 26.1. The number of aryl methyl sites for hydroxylation is 3. The smallest absolute Gasteiger partial charge is 0.310 e. The van der Waals surface area contributed by atoms with Crippen molar-refractivity contribution >= 4 is 22.5 Å². The average molecular weight is 604 g/mol. The molecular weight excluding hydrogens is 569 g/mol. The lowest BCUT2D eigenvalue weighted by Crippen LogP contribution is -2.15. The van der Waals surface area contributed by atoms with Gasteiger partial charge in [0.25, 0.3) is 0 Å². The van der Waals surface area contributed by atoms with Gasteiger partial charge >= 0.3 is 5.97 Å². The van der Waals surface area contributed by atoms with Crippen molar-refractivity contribution in [1.82, 2.24) is 24.4 Å². The van der Waals surface area contributed by atoms with E-state index in [1.54, 1.807) is 11.4 Å². The fourth-order valence-corrected chi connectivity index (χ4v) is 6.51. The fraction of sp³-hybridized carbons (Fsp3) is 0.278. The van der Waals surface area contributed by atoms with E-state index >= 15 is 4.39 Å². The number of carbonyl (C=O) groups is 1. The molecular formula is C36H34FN5O3. The SMILES string of the molecule is CCOC(=O)Cc1c(C)nc2c(C)c(-c3cccc(-c4ccc5c(cnn5C)c4)c3)nn2c1-c1cc(F)c2c(c1C)CCCO2. The van der Waals surface area contributed by atoms with Gasteiger partial charge in [-0.2, -0.15) is 10.2 Å². The minimum atomic E-state index is -0.419. The van der Waals surface area contributed by atoms with Crippen LogP contribution in [0, 0.1) is 26.6 Å². The molecule has 0 bridgehead atoms. The van der Waals surface area contributed by atoms with Gasteiger partial charge in [-0.05, 0) is 81.5 Å². The molecule has 0 N–H and O–H groups in total. The first-order chi connectivity index (χ1) is 21.7. The molecule has 0 atom stereocenters. The van der Waals surface area contributed by atoms with E-state index in [9.17, 15) is 4.79 Å². The van der Waals surface area contributed by atoms with Gasteiger partial charge in [0.15, 0.2) is 17.2 Å². The Hall–Kier alpha value is -5.05. The van der Waals surface area contributed by atoms with Crippen molar-refractivity contribution in [2.75, 3.05) is 13.2 Å². The van der Waals surface area contributed by atoms with Crippen LogP contribution >= 0.6 is 0 Å². The van der Waals surface area contributed by atoms with Crippen LogP contribution in [0.2, 0.25) is 0 Å². The van der Waals surface area contributed by atoms with Crippen LogP contribution in [-0.2, 0) is 29.4 Å². The van der Waals surface area contributed by atoms with Gasteiger partial charge < -0.3 is 9.47 Å². The zero-order valence-corrected chi connectivity index (χ0v) is 26.1. The van der Waals surface area contributed by atoms with Crippen molar-refractivity contribution in [3.8, 4) is 39.4 Å². The van der Waals surface area contributed by atoms with E-state index in [1.807, 2.05) is 50.8 Å². The number of benzene rings is 3. The summed E-state index contributed by atoms with van der Waals surface area (Å²) in [6.07, 6.45) is 3.39. The summed E-state index contributed by atoms with van der Waals surface area (Å²) in [5.41, 5.74) is 10.8. The van der Waals surface area contributed by atoms with Crippen LogP contribution in [0.25, 0.3) is 50.2 Å². The first-order valence-electron chi connectivity index (χ1n) is 15.3. The molecule has 4 heterocycles. The predicted molar refractivity (Wildman–Crippen MR) is 172 cm³/mol. The Morgan fingerprint density at radius 1 is 1.04 bits per heavy atom. The van der Waals surface area contributed by atoms with Gasteiger partial charge in [0.1, 0.15) is 0 Å². The number of nitrogens with zero attached hydrogens (tertiary/aromatic N) is 5. The Kier molecular flexibility index (Phi) is 7.11. The summed E-state index contributed by atoms with van der Waals surface area (Å²) in [6, 6.07) is 16.1. The Morgan fingerprint density at radius 2 is 1.84 bits per heavy atom. The highest BCUT2D eigenvalue weighted by Crippen LogP contribution is 2.40. The average Bonchev–Trinajstić information content (AvgIpc) is 3.58. The summed E-state index contributed by atoms with van der Waals surface area (Å²) in [6.45, 7) is 8.40. The van der Waals surface area contributed by atoms with E-state index < -0.39 is 5.82 Å². The highest BCUT2D eigenvalue weighted by Gasteiger charge is 2.27. The molecule has 228 valence electrons. The molecule has 0 saturated carbocycles. The van der Waals surface area contributed by atoms with E-state index in [0.717, 1.165) is 56.4 Å². The molecule has 3 aromatic carbocycles. The first kappa shape index (κ1) is 28.7. The quantitative estimate of drug-likeness (QED) is 0.189. The largest absolute Gasteiger partial charge is 0.490 e. The molecule has 0 aliphatic carbocycles. The maximum atomic E-state index is 15.6. The number of fused-ring (bicyclic) bond motifs is 3. The standard InChI is InChI=1S/C36H34FN5O3/c1-6-44-32(43)18-29-22(4)39-36-21(3)33(25-10-7-9-23(15-25)24-12-13-31-26(16-24)19-38-41(31)5)40-42(36)34(29)28-17-30(37)35-27(20(28)2)11-8-14-45-35/h7,9-10,12-13,15-17,19H,6,8,11,14,18H2,1-5H3. The van der Waals surface area contributed by atoms with Crippen molar-refractivity contribution in [3.05, 3.63) is 88.5 Å². The highest BCUT2D eigenvalue weighted by molar-refractivity contribution is 5.86. The molecule has 9 heteroatoms. The molecule has 8 nitrogen and oxygen atoms in total. The molecule has 3 aromatic heterocycles. The number of hydrogen-bond acceptors (Lipinski definition) is 6. The Balaban J connectivity index is 1.43. The Bertz CT molecular complexity index is 2150. The molecule has 0 spiro atoms. The van der Waals surface area contributed by atoms with Crippen molar-refractivity contribution in [1.29, 1.82) is 0 Å². The number of carbonyl (C=O) groups excluding carboxylic acids is 1. The van der Waals surface area contributed by atoms with Gasteiger partial charge in [0.2, 0.25) is 0 Å². The van der Waals surface area contributed by atoms with Gasteiger partial charge in [-0.25, -0.2) is 13.9 Å². The number of esters is 1. The van der Waals surface area contributed by atoms with Gasteiger partial charge in [0, 0.05) is 45.9 Å². The lowest BCUT2D eigenvalue weighted by molar-refractivity contribution is -0.142. The number of hydrogen-bond donors (Lipinski definition) is 0. The number of ether oxygens (including phenoxy) is 2. The molecule has 0 unspecified atom stereocenters. The second kappa shape index (κ2) is 11.1. The fourth-order valence-electron chi connectivity index (χ4n) is 6.51. The summed E-state index contributed by atoms with van der Waals surface area (Å²) >= 11 is 0. The van der Waals surface area contributed by atoms with Crippen molar-refractivity contribution < 1.29 is 18.7 Å². The van der Waals surface area contributed by atoms with Crippen LogP contribution in [0.4, 0.5) is 4.39 Å². The second-order valence-corrected chi connectivity index (χ2v) is 11.6. The molecule has 0 saturated heterocycles. The highest BCUT2D eigenvalue weighted by atomic mass is 19.1.